The molecule has 0 saturated carbocycles. The van der Waals surface area contributed by atoms with Gasteiger partial charge in [-0.1, -0.05) is 6.58 Å². The minimum Gasteiger partial charge on any atom is -0.345 e. The molecule has 1 aliphatic heterocycles. The van der Waals surface area contributed by atoms with Crippen molar-refractivity contribution in [2.24, 2.45) is 0 Å². The lowest BCUT2D eigenvalue weighted by Crippen LogP contribution is -2.28. The number of hydrogen-bond acceptors (Lipinski definition) is 1. The van der Waals surface area contributed by atoms with Gasteiger partial charge in [-0.05, 0) is 26.0 Å². The first-order valence-electron chi connectivity index (χ1n) is 4.26. The summed E-state index contributed by atoms with van der Waals surface area (Å²) < 4.78 is 37.0. The summed E-state index contributed by atoms with van der Waals surface area (Å²) in [6.07, 6.45) is -0.776. The van der Waals surface area contributed by atoms with E-state index >= 15 is 0 Å². The lowest BCUT2D eigenvalue weighted by Gasteiger charge is -2.29. The highest BCUT2D eigenvalue weighted by molar-refractivity contribution is 5.35. The molecule has 0 aliphatic carbocycles. The van der Waals surface area contributed by atoms with Crippen LogP contribution in [-0.2, 0) is 0 Å². The fourth-order valence-corrected chi connectivity index (χ4v) is 1.20. The summed E-state index contributed by atoms with van der Waals surface area (Å²) >= 11 is 0. The van der Waals surface area contributed by atoms with Gasteiger partial charge in [0.2, 0.25) is 0 Å². The highest BCUT2D eigenvalue weighted by Crippen LogP contribution is 2.31. The van der Waals surface area contributed by atoms with Crippen molar-refractivity contribution in [1.29, 1.82) is 0 Å². The van der Waals surface area contributed by atoms with Crippen LogP contribution in [0.3, 0.4) is 0 Å². The van der Waals surface area contributed by atoms with Gasteiger partial charge in [0.1, 0.15) is 0 Å². The van der Waals surface area contributed by atoms with Gasteiger partial charge in [0.25, 0.3) is 0 Å². The van der Waals surface area contributed by atoms with Crippen LogP contribution < -0.4 is 0 Å². The molecule has 78 valence electrons. The molecule has 0 amide bonds. The number of alkyl halides is 3. The molecule has 0 aromatic heterocycles. The summed E-state index contributed by atoms with van der Waals surface area (Å²) in [7, 11) is 0. The first kappa shape index (κ1) is 10.9. The molecular weight excluding hydrogens is 191 g/mol. The summed E-state index contributed by atoms with van der Waals surface area (Å²) in [6, 6.07) is -0.0233. The molecule has 1 aliphatic rings. The molecule has 0 fully saturated rings. The zero-order chi connectivity index (χ0) is 10.9. The SMILES string of the molecule is C=C1C=CC(C(F)(F)F)=CN1C(C)C. The van der Waals surface area contributed by atoms with Crippen molar-refractivity contribution < 1.29 is 13.2 Å². The van der Waals surface area contributed by atoms with E-state index in [0.29, 0.717) is 5.70 Å². The molecule has 14 heavy (non-hydrogen) atoms. The average Bonchev–Trinajstić information content (AvgIpc) is 2.02. The molecule has 0 saturated heterocycles. The van der Waals surface area contributed by atoms with Crippen molar-refractivity contribution in [3.8, 4) is 0 Å². The Balaban J connectivity index is 2.97. The third kappa shape index (κ3) is 2.19. The van der Waals surface area contributed by atoms with Crippen LogP contribution in [0, 0.1) is 0 Å². The summed E-state index contributed by atoms with van der Waals surface area (Å²) in [5.74, 6) is 0. The van der Waals surface area contributed by atoms with Gasteiger partial charge in [0.05, 0.1) is 5.57 Å². The molecule has 1 rings (SSSR count). The Bertz CT molecular complexity index is 297. The minimum absolute atomic E-state index is 0.0233. The van der Waals surface area contributed by atoms with Crippen molar-refractivity contribution in [1.82, 2.24) is 4.90 Å². The van der Waals surface area contributed by atoms with Crippen LogP contribution in [0.15, 0.2) is 36.2 Å². The molecule has 0 aromatic rings. The van der Waals surface area contributed by atoms with Crippen molar-refractivity contribution in [3.05, 3.63) is 36.2 Å². The van der Waals surface area contributed by atoms with Crippen molar-refractivity contribution in [2.45, 2.75) is 26.1 Å². The van der Waals surface area contributed by atoms with Crippen LogP contribution in [0.2, 0.25) is 0 Å². The predicted molar refractivity (Wildman–Crippen MR) is 49.4 cm³/mol. The van der Waals surface area contributed by atoms with E-state index in [1.165, 1.54) is 11.0 Å². The predicted octanol–water partition coefficient (Wildman–Crippen LogP) is 3.23. The third-order valence-corrected chi connectivity index (χ3v) is 1.95. The second kappa shape index (κ2) is 3.52. The Labute approximate surface area is 81.2 Å². The number of hydrogen-bond donors (Lipinski definition) is 0. The molecule has 1 heterocycles. The highest BCUT2D eigenvalue weighted by atomic mass is 19.4. The maximum Gasteiger partial charge on any atom is 0.417 e. The van der Waals surface area contributed by atoms with Gasteiger partial charge in [-0.15, -0.1) is 0 Å². The minimum atomic E-state index is -4.29. The Hall–Kier alpha value is -1.19. The largest absolute Gasteiger partial charge is 0.417 e. The van der Waals surface area contributed by atoms with Crippen LogP contribution in [0.25, 0.3) is 0 Å². The zero-order valence-corrected chi connectivity index (χ0v) is 8.10. The average molecular weight is 203 g/mol. The Kier molecular flexibility index (Phi) is 2.73. The monoisotopic (exact) mass is 203 g/mol. The molecule has 0 radical (unpaired) electrons. The fraction of sp³-hybridized carbons (Fsp3) is 0.400. The van der Waals surface area contributed by atoms with E-state index in [1.807, 2.05) is 13.8 Å². The maximum atomic E-state index is 12.3. The van der Waals surface area contributed by atoms with Gasteiger partial charge in [0.15, 0.2) is 0 Å². The van der Waals surface area contributed by atoms with Crippen LogP contribution >= 0.6 is 0 Å². The third-order valence-electron chi connectivity index (χ3n) is 1.95. The van der Waals surface area contributed by atoms with Crippen LogP contribution in [0.1, 0.15) is 13.8 Å². The van der Waals surface area contributed by atoms with Crippen LogP contribution in [0.4, 0.5) is 13.2 Å². The van der Waals surface area contributed by atoms with E-state index in [-0.39, 0.29) is 6.04 Å². The highest BCUT2D eigenvalue weighted by Gasteiger charge is 2.34. The Morgan fingerprint density at radius 2 is 1.86 bits per heavy atom. The molecule has 0 aromatic carbocycles. The van der Waals surface area contributed by atoms with Crippen molar-refractivity contribution in [3.63, 3.8) is 0 Å². The quantitative estimate of drug-likeness (QED) is 0.632. The molecule has 4 heteroatoms. The smallest absolute Gasteiger partial charge is 0.345 e. The van der Waals surface area contributed by atoms with E-state index in [0.717, 1.165) is 12.3 Å². The lowest BCUT2D eigenvalue weighted by molar-refractivity contribution is -0.0894. The van der Waals surface area contributed by atoms with E-state index in [2.05, 4.69) is 6.58 Å². The van der Waals surface area contributed by atoms with Gasteiger partial charge in [-0.25, -0.2) is 0 Å². The van der Waals surface area contributed by atoms with Crippen LogP contribution in [-0.4, -0.2) is 17.1 Å². The standard InChI is InChI=1S/C10H12F3N/c1-7(2)14-6-9(10(11,12)13)5-4-8(14)3/h4-7H,3H2,1-2H3. The summed E-state index contributed by atoms with van der Waals surface area (Å²) in [5, 5.41) is 0. The fourth-order valence-electron chi connectivity index (χ4n) is 1.20. The van der Waals surface area contributed by atoms with E-state index in [4.69, 9.17) is 0 Å². The normalized spacial score (nSPS) is 17.7. The van der Waals surface area contributed by atoms with Gasteiger partial charge in [-0.2, -0.15) is 13.2 Å². The van der Waals surface area contributed by atoms with Crippen LogP contribution in [0.5, 0.6) is 0 Å². The lowest BCUT2D eigenvalue weighted by atomic mass is 10.1. The number of nitrogens with zero attached hydrogens (tertiary/aromatic N) is 1. The zero-order valence-electron chi connectivity index (χ0n) is 8.10. The summed E-state index contributed by atoms with van der Waals surface area (Å²) in [5.41, 5.74) is -0.0633. The summed E-state index contributed by atoms with van der Waals surface area (Å²) in [6.45, 7) is 7.29. The first-order chi connectivity index (χ1) is 6.32. The van der Waals surface area contributed by atoms with Gasteiger partial charge >= 0.3 is 6.18 Å². The van der Waals surface area contributed by atoms with E-state index in [9.17, 15) is 13.2 Å². The van der Waals surface area contributed by atoms with Gasteiger partial charge < -0.3 is 4.90 Å². The van der Waals surface area contributed by atoms with Crippen molar-refractivity contribution >= 4 is 0 Å². The number of rotatable bonds is 1. The second-order valence-corrected chi connectivity index (χ2v) is 3.41. The van der Waals surface area contributed by atoms with Crippen molar-refractivity contribution in [2.75, 3.05) is 0 Å². The molecular formula is C10H12F3N. The number of halogens is 3. The van der Waals surface area contributed by atoms with Gasteiger partial charge in [-0.3, -0.25) is 0 Å². The molecule has 1 nitrogen and oxygen atoms in total. The van der Waals surface area contributed by atoms with E-state index in [1.54, 1.807) is 0 Å². The molecule has 0 spiro atoms. The first-order valence-corrected chi connectivity index (χ1v) is 4.26. The Morgan fingerprint density at radius 3 is 2.29 bits per heavy atom. The molecule has 0 bridgehead atoms. The maximum absolute atomic E-state index is 12.3. The molecule has 0 atom stereocenters. The number of allylic oxidation sites excluding steroid dienone is 3. The second-order valence-electron chi connectivity index (χ2n) is 3.41. The van der Waals surface area contributed by atoms with Gasteiger partial charge in [0, 0.05) is 17.9 Å². The Morgan fingerprint density at radius 1 is 1.29 bits per heavy atom. The topological polar surface area (TPSA) is 3.24 Å². The van der Waals surface area contributed by atoms with E-state index < -0.39 is 11.7 Å². The molecule has 0 N–H and O–H groups in total. The molecule has 0 unspecified atom stereocenters. The summed E-state index contributed by atoms with van der Waals surface area (Å²) in [4.78, 5) is 1.50.